The Bertz CT molecular complexity index is 715. The normalized spacial score (nSPS) is 12.3. The summed E-state index contributed by atoms with van der Waals surface area (Å²) in [4.78, 5) is 14.5. The van der Waals surface area contributed by atoms with E-state index in [-0.39, 0.29) is 11.4 Å². The second-order valence-electron chi connectivity index (χ2n) is 4.49. The molecule has 0 saturated heterocycles. The number of aromatic amines is 1. The van der Waals surface area contributed by atoms with Crippen molar-refractivity contribution >= 4 is 10.9 Å². The number of rotatable bonds is 3. The molecule has 0 fully saturated rings. The largest absolute Gasteiger partial charge is 0.322 e. The maximum absolute atomic E-state index is 13.4. The Kier molecular flexibility index (Phi) is 3.63. The van der Waals surface area contributed by atoms with Crippen molar-refractivity contribution in [3.63, 3.8) is 0 Å². The molecule has 0 bridgehead atoms. The van der Waals surface area contributed by atoms with Gasteiger partial charge in [-0.2, -0.15) is 5.26 Å². The molecule has 0 aliphatic carbocycles. The molecule has 98 valence electrons. The van der Waals surface area contributed by atoms with Crippen LogP contribution >= 0.6 is 0 Å². The second kappa shape index (κ2) is 5.21. The van der Waals surface area contributed by atoms with E-state index in [0.29, 0.717) is 23.1 Å². The number of benzene rings is 1. The predicted octanol–water partition coefficient (Wildman–Crippen LogP) is 1.63. The fourth-order valence-electron chi connectivity index (χ4n) is 1.97. The lowest BCUT2D eigenvalue weighted by atomic mass is 10.0. The lowest BCUT2D eigenvalue weighted by Crippen LogP contribution is -2.28. The Labute approximate surface area is 109 Å². The molecule has 2 rings (SSSR count). The van der Waals surface area contributed by atoms with Crippen molar-refractivity contribution in [1.82, 2.24) is 10.3 Å². The number of likely N-dealkylation sites (N-methyl/N-ethyl adjacent to an activating group) is 1. The summed E-state index contributed by atoms with van der Waals surface area (Å²) >= 11 is 0. The molecule has 2 N–H and O–H groups in total. The van der Waals surface area contributed by atoms with Gasteiger partial charge in [0.05, 0.1) is 17.6 Å². The molecule has 1 aromatic heterocycles. The van der Waals surface area contributed by atoms with Gasteiger partial charge >= 0.3 is 0 Å². The number of aromatic nitrogens is 1. The lowest BCUT2D eigenvalue weighted by molar-refractivity contribution is 0.620. The summed E-state index contributed by atoms with van der Waals surface area (Å²) < 4.78 is 13.4. The van der Waals surface area contributed by atoms with Crippen molar-refractivity contribution < 1.29 is 4.39 Å². The van der Waals surface area contributed by atoms with E-state index in [2.05, 4.69) is 16.4 Å². The first-order valence-corrected chi connectivity index (χ1v) is 5.94. The first kappa shape index (κ1) is 13.2. The minimum absolute atomic E-state index is 0.286. The van der Waals surface area contributed by atoms with Crippen molar-refractivity contribution in [3.05, 3.63) is 45.5 Å². The van der Waals surface area contributed by atoms with Crippen LogP contribution in [0.2, 0.25) is 0 Å². The van der Waals surface area contributed by atoms with Crippen LogP contribution in [0, 0.1) is 24.1 Å². The predicted molar refractivity (Wildman–Crippen MR) is 71.4 cm³/mol. The topological polar surface area (TPSA) is 68.7 Å². The zero-order chi connectivity index (χ0) is 14.0. The van der Waals surface area contributed by atoms with Gasteiger partial charge in [-0.15, -0.1) is 0 Å². The summed E-state index contributed by atoms with van der Waals surface area (Å²) in [7, 11) is 1.67. The molecule has 0 spiro atoms. The van der Waals surface area contributed by atoms with Gasteiger partial charge in [0.25, 0.3) is 5.56 Å². The number of nitrogens with zero attached hydrogens (tertiary/aromatic N) is 1. The Hall–Kier alpha value is -2.19. The number of fused-ring (bicyclic) bond motifs is 1. The highest BCUT2D eigenvalue weighted by Crippen LogP contribution is 2.17. The SMILES string of the molecule is CNC(C#N)Cc1cc2cc(C)c(F)cc2[nH]c1=O. The Morgan fingerprint density at radius 3 is 2.84 bits per heavy atom. The monoisotopic (exact) mass is 259 g/mol. The van der Waals surface area contributed by atoms with Gasteiger partial charge in [-0.05, 0) is 43.1 Å². The van der Waals surface area contributed by atoms with E-state index >= 15 is 0 Å². The molecule has 0 amide bonds. The van der Waals surface area contributed by atoms with Crippen molar-refractivity contribution in [2.45, 2.75) is 19.4 Å². The Balaban J connectivity index is 2.53. The van der Waals surface area contributed by atoms with Crippen LogP contribution in [0.3, 0.4) is 0 Å². The maximum Gasteiger partial charge on any atom is 0.251 e. The number of halogens is 1. The van der Waals surface area contributed by atoms with Gasteiger partial charge in [-0.25, -0.2) is 4.39 Å². The molecule has 2 aromatic rings. The Morgan fingerprint density at radius 2 is 2.21 bits per heavy atom. The second-order valence-corrected chi connectivity index (χ2v) is 4.49. The molecule has 0 radical (unpaired) electrons. The van der Waals surface area contributed by atoms with Crippen LogP contribution in [0.5, 0.6) is 0 Å². The van der Waals surface area contributed by atoms with Crippen LogP contribution in [-0.4, -0.2) is 18.1 Å². The number of pyridine rings is 1. The van der Waals surface area contributed by atoms with Gasteiger partial charge in [0.2, 0.25) is 0 Å². The average Bonchev–Trinajstić information content (AvgIpc) is 2.38. The molecule has 19 heavy (non-hydrogen) atoms. The summed E-state index contributed by atoms with van der Waals surface area (Å²) in [6, 6.07) is 6.37. The number of nitriles is 1. The van der Waals surface area contributed by atoms with Gasteiger partial charge in [-0.1, -0.05) is 0 Å². The standard InChI is InChI=1S/C14H14FN3O/c1-8-3-9-4-10(5-11(7-16)17-2)14(19)18-13(9)6-12(8)15/h3-4,6,11,17H,5H2,1-2H3,(H,18,19). The van der Waals surface area contributed by atoms with E-state index in [1.54, 1.807) is 26.1 Å². The molecule has 4 nitrogen and oxygen atoms in total. The third-order valence-electron chi connectivity index (χ3n) is 3.13. The van der Waals surface area contributed by atoms with Crippen LogP contribution < -0.4 is 10.9 Å². The van der Waals surface area contributed by atoms with Crippen LogP contribution in [0.15, 0.2) is 23.0 Å². The summed E-state index contributed by atoms with van der Waals surface area (Å²) in [5, 5.41) is 12.5. The molecule has 1 heterocycles. The fourth-order valence-corrected chi connectivity index (χ4v) is 1.97. The summed E-state index contributed by atoms with van der Waals surface area (Å²) in [5.41, 5.74) is 1.22. The third-order valence-corrected chi connectivity index (χ3v) is 3.13. The van der Waals surface area contributed by atoms with E-state index in [4.69, 9.17) is 5.26 Å². The maximum atomic E-state index is 13.4. The van der Waals surface area contributed by atoms with Crippen molar-refractivity contribution in [2.24, 2.45) is 0 Å². The van der Waals surface area contributed by atoms with Crippen LogP contribution in [0.1, 0.15) is 11.1 Å². The number of nitrogens with one attached hydrogen (secondary N) is 2. The quantitative estimate of drug-likeness (QED) is 0.880. The average molecular weight is 259 g/mol. The van der Waals surface area contributed by atoms with Gasteiger partial charge in [0.1, 0.15) is 5.82 Å². The molecular weight excluding hydrogens is 245 g/mol. The van der Waals surface area contributed by atoms with Gasteiger partial charge < -0.3 is 10.3 Å². The van der Waals surface area contributed by atoms with Crippen molar-refractivity contribution in [1.29, 1.82) is 5.26 Å². The van der Waals surface area contributed by atoms with E-state index in [1.807, 2.05) is 0 Å². The molecule has 1 aromatic carbocycles. The van der Waals surface area contributed by atoms with Crippen LogP contribution in [-0.2, 0) is 6.42 Å². The number of hydrogen-bond donors (Lipinski definition) is 2. The number of H-pyrrole nitrogens is 1. The highest BCUT2D eigenvalue weighted by Gasteiger charge is 2.11. The van der Waals surface area contributed by atoms with Gasteiger partial charge in [0, 0.05) is 12.0 Å². The molecule has 0 aliphatic rings. The summed E-state index contributed by atoms with van der Waals surface area (Å²) in [5.74, 6) is -0.346. The molecule has 0 saturated carbocycles. The highest BCUT2D eigenvalue weighted by molar-refractivity contribution is 5.79. The Morgan fingerprint density at radius 1 is 1.47 bits per heavy atom. The number of hydrogen-bond acceptors (Lipinski definition) is 3. The highest BCUT2D eigenvalue weighted by atomic mass is 19.1. The van der Waals surface area contributed by atoms with Crippen LogP contribution in [0.25, 0.3) is 10.9 Å². The molecule has 1 atom stereocenters. The zero-order valence-corrected chi connectivity index (χ0v) is 10.7. The summed E-state index contributed by atoms with van der Waals surface area (Å²) in [6.07, 6.45) is 0.314. The molecule has 0 aliphatic heterocycles. The van der Waals surface area contributed by atoms with Crippen LogP contribution in [0.4, 0.5) is 4.39 Å². The smallest absolute Gasteiger partial charge is 0.251 e. The molecule has 1 unspecified atom stereocenters. The molecule has 5 heteroatoms. The van der Waals surface area contributed by atoms with E-state index < -0.39 is 6.04 Å². The minimum atomic E-state index is -0.417. The van der Waals surface area contributed by atoms with Crippen molar-refractivity contribution in [3.8, 4) is 6.07 Å². The van der Waals surface area contributed by atoms with Gasteiger partial charge in [-0.3, -0.25) is 4.79 Å². The first-order valence-electron chi connectivity index (χ1n) is 5.94. The first-order chi connectivity index (χ1) is 9.05. The molecular formula is C14H14FN3O. The third kappa shape index (κ3) is 2.64. The van der Waals surface area contributed by atoms with E-state index in [9.17, 15) is 9.18 Å². The fraction of sp³-hybridized carbons (Fsp3) is 0.286. The van der Waals surface area contributed by atoms with E-state index in [0.717, 1.165) is 5.39 Å². The summed E-state index contributed by atoms with van der Waals surface area (Å²) in [6.45, 7) is 1.67. The minimum Gasteiger partial charge on any atom is -0.322 e. The van der Waals surface area contributed by atoms with Crippen molar-refractivity contribution in [2.75, 3.05) is 7.05 Å². The number of aryl methyl sites for hydroxylation is 1. The van der Waals surface area contributed by atoms with E-state index in [1.165, 1.54) is 6.07 Å². The van der Waals surface area contributed by atoms with Gasteiger partial charge in [0.15, 0.2) is 0 Å². The lowest BCUT2D eigenvalue weighted by Gasteiger charge is -2.08. The zero-order valence-electron chi connectivity index (χ0n) is 10.7.